The van der Waals surface area contributed by atoms with Crippen molar-refractivity contribution in [3.8, 4) is 11.5 Å². The molecular formula is C21H20ClN2O7PS. The summed E-state index contributed by atoms with van der Waals surface area (Å²) in [6.07, 6.45) is 0.574. The second-order valence-electron chi connectivity index (χ2n) is 6.66. The van der Waals surface area contributed by atoms with Gasteiger partial charge in [0.2, 0.25) is 0 Å². The van der Waals surface area contributed by atoms with Crippen molar-refractivity contribution in [3.05, 3.63) is 74.9 Å². The minimum Gasteiger partial charge on any atom is -0.496 e. The number of phosphoric ester groups is 1. The fraction of sp³-hybridized carbons (Fsp3) is 0.143. The van der Waals surface area contributed by atoms with Gasteiger partial charge in [0, 0.05) is 12.1 Å². The predicted molar refractivity (Wildman–Crippen MR) is 125 cm³/mol. The van der Waals surface area contributed by atoms with Gasteiger partial charge < -0.3 is 19.9 Å². The second-order valence-corrected chi connectivity index (χ2v) is 9.15. The number of ether oxygens (including phenoxy) is 1. The third kappa shape index (κ3) is 6.80. The molecule has 4 N–H and O–H groups in total. The SMILES string of the molecule is COc1ccccc1CCNC(=O)c1sccc1NC(=O)c1ccc(OP(=O)(O)O)c(Cl)c1. The summed E-state index contributed by atoms with van der Waals surface area (Å²) in [5.74, 6) is -0.404. The number of hydrogen-bond acceptors (Lipinski definition) is 6. The molecule has 3 rings (SSSR count). The van der Waals surface area contributed by atoms with Crippen molar-refractivity contribution in [2.45, 2.75) is 6.42 Å². The Morgan fingerprint density at radius 2 is 1.85 bits per heavy atom. The molecule has 9 nitrogen and oxygen atoms in total. The Morgan fingerprint density at radius 3 is 2.55 bits per heavy atom. The number of phosphoric acid groups is 1. The maximum absolute atomic E-state index is 12.6. The van der Waals surface area contributed by atoms with Gasteiger partial charge in [0.1, 0.15) is 16.4 Å². The Bertz CT molecular complexity index is 1210. The normalized spacial score (nSPS) is 11.0. The van der Waals surface area contributed by atoms with Crippen LogP contribution in [0.2, 0.25) is 5.02 Å². The Morgan fingerprint density at radius 1 is 1.09 bits per heavy atom. The summed E-state index contributed by atoms with van der Waals surface area (Å²) in [5.41, 5.74) is 1.40. The molecule has 0 saturated heterocycles. The highest BCUT2D eigenvalue weighted by Gasteiger charge is 2.20. The Balaban J connectivity index is 1.63. The van der Waals surface area contributed by atoms with Gasteiger partial charge in [-0.15, -0.1) is 11.3 Å². The smallest absolute Gasteiger partial charge is 0.496 e. The lowest BCUT2D eigenvalue weighted by molar-refractivity contribution is 0.0959. The molecule has 3 aromatic rings. The minimum absolute atomic E-state index is 0.117. The van der Waals surface area contributed by atoms with Gasteiger partial charge in [-0.1, -0.05) is 29.8 Å². The number of para-hydroxylation sites is 1. The lowest BCUT2D eigenvalue weighted by Crippen LogP contribution is -2.26. The van der Waals surface area contributed by atoms with Crippen LogP contribution < -0.4 is 19.9 Å². The number of amides is 2. The van der Waals surface area contributed by atoms with Crippen LogP contribution in [0.4, 0.5) is 5.69 Å². The summed E-state index contributed by atoms with van der Waals surface area (Å²) in [6, 6.07) is 12.8. The van der Waals surface area contributed by atoms with Gasteiger partial charge in [-0.3, -0.25) is 19.4 Å². The minimum atomic E-state index is -4.79. The van der Waals surface area contributed by atoms with Crippen LogP contribution in [-0.4, -0.2) is 35.3 Å². The Hall–Kier alpha value is -2.88. The maximum Gasteiger partial charge on any atom is 0.524 e. The highest BCUT2D eigenvalue weighted by atomic mass is 35.5. The van der Waals surface area contributed by atoms with Crippen LogP contribution in [0.3, 0.4) is 0 Å². The van der Waals surface area contributed by atoms with Gasteiger partial charge in [0.05, 0.1) is 17.8 Å². The Labute approximate surface area is 198 Å². The molecule has 1 heterocycles. The van der Waals surface area contributed by atoms with Gasteiger partial charge >= 0.3 is 7.82 Å². The highest BCUT2D eigenvalue weighted by molar-refractivity contribution is 7.46. The van der Waals surface area contributed by atoms with E-state index in [9.17, 15) is 14.2 Å². The lowest BCUT2D eigenvalue weighted by Gasteiger charge is -2.11. The molecule has 0 aliphatic rings. The summed E-state index contributed by atoms with van der Waals surface area (Å²) in [6.45, 7) is 0.376. The molecule has 0 aliphatic carbocycles. The summed E-state index contributed by atoms with van der Waals surface area (Å²) >= 11 is 7.13. The zero-order valence-electron chi connectivity index (χ0n) is 17.3. The van der Waals surface area contributed by atoms with Crippen molar-refractivity contribution in [1.29, 1.82) is 0 Å². The zero-order valence-corrected chi connectivity index (χ0v) is 19.7. The average molecular weight is 511 g/mol. The lowest BCUT2D eigenvalue weighted by atomic mass is 10.1. The second kappa shape index (κ2) is 10.8. The van der Waals surface area contributed by atoms with E-state index in [0.29, 0.717) is 23.5 Å². The third-order valence-electron chi connectivity index (χ3n) is 4.40. The van der Waals surface area contributed by atoms with E-state index in [0.717, 1.165) is 11.3 Å². The number of methoxy groups -OCH3 is 1. The highest BCUT2D eigenvalue weighted by Crippen LogP contribution is 2.41. The molecular weight excluding hydrogens is 491 g/mol. The predicted octanol–water partition coefficient (Wildman–Crippen LogP) is 4.11. The van der Waals surface area contributed by atoms with Crippen molar-refractivity contribution in [3.63, 3.8) is 0 Å². The van der Waals surface area contributed by atoms with Crippen molar-refractivity contribution < 1.29 is 33.2 Å². The molecule has 0 spiro atoms. The first-order chi connectivity index (χ1) is 15.7. The molecule has 33 heavy (non-hydrogen) atoms. The van der Waals surface area contributed by atoms with Crippen LogP contribution in [0.25, 0.3) is 0 Å². The first kappa shape index (κ1) is 24.8. The quantitative estimate of drug-likeness (QED) is 0.318. The van der Waals surface area contributed by atoms with E-state index in [1.807, 2.05) is 24.3 Å². The van der Waals surface area contributed by atoms with Gasteiger partial charge in [-0.2, -0.15) is 0 Å². The molecule has 0 bridgehead atoms. The van der Waals surface area contributed by atoms with E-state index in [1.54, 1.807) is 18.6 Å². The molecule has 2 amide bonds. The first-order valence-electron chi connectivity index (χ1n) is 9.51. The number of carbonyl (C=O) groups is 2. The summed E-state index contributed by atoms with van der Waals surface area (Å²) in [5, 5.41) is 7.00. The first-order valence-corrected chi connectivity index (χ1v) is 12.3. The fourth-order valence-electron chi connectivity index (χ4n) is 2.92. The average Bonchev–Trinajstić information content (AvgIpc) is 3.22. The molecule has 0 radical (unpaired) electrons. The maximum atomic E-state index is 12.6. The molecule has 0 fully saturated rings. The molecule has 0 saturated carbocycles. The standard InChI is InChI=1S/C21H20ClN2O7PS/c1-30-17-5-3-2-4-13(17)8-10-23-21(26)19-16(9-11-33-19)24-20(25)14-6-7-18(15(22)12-14)31-32(27,28)29/h2-7,9,11-12H,8,10H2,1H3,(H,23,26)(H,24,25)(H2,27,28,29). The van der Waals surface area contributed by atoms with Crippen LogP contribution in [0, 0.1) is 0 Å². The molecule has 12 heteroatoms. The number of anilines is 1. The van der Waals surface area contributed by atoms with Crippen LogP contribution in [-0.2, 0) is 11.0 Å². The number of halogens is 1. The van der Waals surface area contributed by atoms with Crippen LogP contribution in [0.15, 0.2) is 53.9 Å². The molecule has 1 aromatic heterocycles. The summed E-state index contributed by atoms with van der Waals surface area (Å²) < 4.78 is 20.7. The molecule has 0 atom stereocenters. The van der Waals surface area contributed by atoms with Crippen molar-refractivity contribution >= 4 is 48.3 Å². The van der Waals surface area contributed by atoms with Crippen molar-refractivity contribution in [2.24, 2.45) is 0 Å². The van der Waals surface area contributed by atoms with Gasteiger partial charge in [-0.05, 0) is 47.7 Å². The molecule has 0 aliphatic heterocycles. The summed E-state index contributed by atoms with van der Waals surface area (Å²) in [7, 11) is -3.20. The molecule has 174 valence electrons. The van der Waals surface area contributed by atoms with Gasteiger partial charge in [0.25, 0.3) is 11.8 Å². The van der Waals surface area contributed by atoms with E-state index in [4.69, 9.17) is 26.1 Å². The van der Waals surface area contributed by atoms with E-state index >= 15 is 0 Å². The van der Waals surface area contributed by atoms with Crippen molar-refractivity contribution in [2.75, 3.05) is 19.0 Å². The number of rotatable bonds is 9. The number of carbonyl (C=O) groups excluding carboxylic acids is 2. The van der Waals surface area contributed by atoms with Crippen LogP contribution >= 0.6 is 30.8 Å². The number of benzene rings is 2. The fourth-order valence-corrected chi connectivity index (χ4v) is 4.38. The van der Waals surface area contributed by atoms with E-state index in [-0.39, 0.29) is 22.2 Å². The topological polar surface area (TPSA) is 134 Å². The monoisotopic (exact) mass is 510 g/mol. The number of nitrogens with one attached hydrogen (secondary N) is 2. The van der Waals surface area contributed by atoms with E-state index in [2.05, 4.69) is 15.2 Å². The molecule has 0 unspecified atom stereocenters. The van der Waals surface area contributed by atoms with E-state index < -0.39 is 13.7 Å². The number of hydrogen-bond donors (Lipinski definition) is 4. The third-order valence-corrected chi connectivity index (χ3v) is 6.05. The van der Waals surface area contributed by atoms with Crippen molar-refractivity contribution in [1.82, 2.24) is 5.32 Å². The Kier molecular flexibility index (Phi) is 8.12. The summed E-state index contributed by atoms with van der Waals surface area (Å²) in [4.78, 5) is 43.3. The van der Waals surface area contributed by atoms with Gasteiger partial charge in [-0.25, -0.2) is 4.57 Å². The molecule has 2 aromatic carbocycles. The van der Waals surface area contributed by atoms with Crippen LogP contribution in [0.1, 0.15) is 25.6 Å². The zero-order chi connectivity index (χ0) is 24.0. The van der Waals surface area contributed by atoms with Gasteiger partial charge in [0.15, 0.2) is 0 Å². The number of thiophene rings is 1. The van der Waals surface area contributed by atoms with E-state index in [1.165, 1.54) is 29.5 Å². The van der Waals surface area contributed by atoms with Crippen LogP contribution in [0.5, 0.6) is 11.5 Å². The largest absolute Gasteiger partial charge is 0.524 e.